The molecule has 19 heavy (non-hydrogen) atoms. The van der Waals surface area contributed by atoms with E-state index >= 15 is 0 Å². The number of rotatable bonds is 0. The summed E-state index contributed by atoms with van der Waals surface area (Å²) in [5.41, 5.74) is 7.53. The van der Waals surface area contributed by atoms with E-state index < -0.39 is 0 Å². The van der Waals surface area contributed by atoms with Crippen LogP contribution in [0.25, 0.3) is 0 Å². The first kappa shape index (κ1) is 15.8. The molecule has 0 radical (unpaired) electrons. The molecule has 0 spiro atoms. The average Bonchev–Trinajstić information content (AvgIpc) is 2.62. The smallest absolute Gasteiger partial charge is 0.0899 e. The Hall–Kier alpha value is -1.22. The van der Waals surface area contributed by atoms with Gasteiger partial charge in [-0.15, -0.1) is 11.3 Å². The third-order valence-corrected chi connectivity index (χ3v) is 4.67. The second-order valence-corrected chi connectivity index (χ2v) is 6.44. The van der Waals surface area contributed by atoms with Crippen LogP contribution in [0.1, 0.15) is 43.7 Å². The largest absolute Gasteiger partial charge is 0.258 e. The summed E-state index contributed by atoms with van der Waals surface area (Å²) in [6, 6.07) is 0. The van der Waals surface area contributed by atoms with Gasteiger partial charge in [0.25, 0.3) is 0 Å². The van der Waals surface area contributed by atoms with Crippen LogP contribution in [0.4, 0.5) is 0 Å². The Balaban J connectivity index is 0.000000200. The number of thiazole rings is 1. The van der Waals surface area contributed by atoms with Gasteiger partial charge in [0.05, 0.1) is 10.7 Å². The van der Waals surface area contributed by atoms with Crippen molar-refractivity contribution in [3.8, 4) is 0 Å². The lowest BCUT2D eigenvalue weighted by atomic mass is 10.0. The number of hydrogen-bond donors (Lipinski definition) is 0. The van der Waals surface area contributed by atoms with Crippen LogP contribution < -0.4 is 0 Å². The molecule has 0 bridgehead atoms. The first-order valence-corrected chi connectivity index (χ1v) is 7.37. The highest BCUT2D eigenvalue weighted by atomic mass is 32.1. The van der Waals surface area contributed by atoms with Gasteiger partial charge in [-0.25, -0.2) is 4.98 Å². The molecule has 0 aliphatic heterocycles. The quantitative estimate of drug-likeness (QED) is 0.697. The third-order valence-electron chi connectivity index (χ3n) is 3.68. The highest BCUT2D eigenvalue weighted by Gasteiger charge is 2.03. The van der Waals surface area contributed by atoms with E-state index in [1.807, 2.05) is 13.8 Å². The molecule has 104 valence electrons. The van der Waals surface area contributed by atoms with Gasteiger partial charge in [0.2, 0.25) is 0 Å². The van der Waals surface area contributed by atoms with Crippen molar-refractivity contribution in [2.45, 2.75) is 55.4 Å². The topological polar surface area (TPSA) is 25.8 Å². The molecule has 0 atom stereocenters. The summed E-state index contributed by atoms with van der Waals surface area (Å²) in [5.74, 6) is 0. The van der Waals surface area contributed by atoms with E-state index in [1.165, 1.54) is 32.3 Å². The molecule has 0 aliphatic rings. The Kier molecular flexibility index (Phi) is 5.24. The van der Waals surface area contributed by atoms with E-state index in [0.29, 0.717) is 0 Å². The van der Waals surface area contributed by atoms with Gasteiger partial charge in [-0.3, -0.25) is 4.98 Å². The second-order valence-electron chi connectivity index (χ2n) is 5.03. The molecule has 0 amide bonds. The molecule has 2 aromatic heterocycles. The van der Waals surface area contributed by atoms with Gasteiger partial charge in [-0.2, -0.15) is 0 Å². The SMILES string of the molecule is Cc1nc(C)c(C)c(C)c1C.Cc1nc(C)c(C)s1. The summed E-state index contributed by atoms with van der Waals surface area (Å²) < 4.78 is 0. The molecule has 2 heterocycles. The molecular weight excluding hydrogens is 252 g/mol. The van der Waals surface area contributed by atoms with Crippen LogP contribution in [0, 0.1) is 55.4 Å². The fourth-order valence-electron chi connectivity index (χ4n) is 1.88. The molecule has 0 aromatic carbocycles. The number of nitrogens with zero attached hydrogens (tertiary/aromatic N) is 2. The van der Waals surface area contributed by atoms with Crippen LogP contribution in [-0.2, 0) is 0 Å². The van der Waals surface area contributed by atoms with Crippen LogP contribution in [0.3, 0.4) is 0 Å². The highest BCUT2D eigenvalue weighted by Crippen LogP contribution is 2.16. The van der Waals surface area contributed by atoms with Crippen molar-refractivity contribution >= 4 is 11.3 Å². The van der Waals surface area contributed by atoms with E-state index in [2.05, 4.69) is 51.5 Å². The third kappa shape index (κ3) is 3.87. The maximum atomic E-state index is 4.43. The Morgan fingerprint density at radius 3 is 1.32 bits per heavy atom. The summed E-state index contributed by atoms with van der Waals surface area (Å²) >= 11 is 1.76. The first-order valence-electron chi connectivity index (χ1n) is 6.55. The van der Waals surface area contributed by atoms with Crippen LogP contribution in [0.5, 0.6) is 0 Å². The summed E-state index contributed by atoms with van der Waals surface area (Å²) in [4.78, 5) is 10.00. The Labute approximate surface area is 120 Å². The monoisotopic (exact) mass is 276 g/mol. The molecule has 0 unspecified atom stereocenters. The molecular formula is C16H24N2S. The van der Waals surface area contributed by atoms with Gasteiger partial charge in [-0.1, -0.05) is 0 Å². The van der Waals surface area contributed by atoms with E-state index in [0.717, 1.165) is 11.4 Å². The minimum Gasteiger partial charge on any atom is -0.258 e. The fraction of sp³-hybridized carbons (Fsp3) is 0.500. The molecule has 0 aliphatic carbocycles. The van der Waals surface area contributed by atoms with E-state index in [9.17, 15) is 0 Å². The Bertz CT molecular complexity index is 537. The predicted octanol–water partition coefficient (Wildman–Crippen LogP) is 4.69. The fourth-order valence-corrected chi connectivity index (χ4v) is 2.70. The highest BCUT2D eigenvalue weighted by molar-refractivity contribution is 7.11. The summed E-state index contributed by atoms with van der Waals surface area (Å²) in [7, 11) is 0. The van der Waals surface area contributed by atoms with Gasteiger partial charge in [-0.05, 0) is 72.1 Å². The number of aromatic nitrogens is 2. The van der Waals surface area contributed by atoms with Crippen molar-refractivity contribution in [2.24, 2.45) is 0 Å². The number of aryl methyl sites for hydroxylation is 5. The summed E-state index contributed by atoms with van der Waals surface area (Å²) in [5, 5.41) is 1.17. The second kappa shape index (κ2) is 6.29. The normalized spacial score (nSPS) is 10.1. The van der Waals surface area contributed by atoms with Crippen molar-refractivity contribution in [3.05, 3.63) is 43.7 Å². The van der Waals surface area contributed by atoms with Crippen molar-refractivity contribution in [3.63, 3.8) is 0 Å². The summed E-state index contributed by atoms with van der Waals surface area (Å²) in [6.45, 7) is 16.7. The van der Waals surface area contributed by atoms with Gasteiger partial charge in [0, 0.05) is 16.3 Å². The predicted molar refractivity (Wildman–Crippen MR) is 84.2 cm³/mol. The molecule has 0 N–H and O–H groups in total. The first-order chi connectivity index (χ1) is 8.73. The molecule has 2 nitrogen and oxygen atoms in total. The van der Waals surface area contributed by atoms with Gasteiger partial charge >= 0.3 is 0 Å². The minimum absolute atomic E-state index is 1.16. The lowest BCUT2D eigenvalue weighted by Gasteiger charge is -2.09. The number of hydrogen-bond acceptors (Lipinski definition) is 3. The van der Waals surface area contributed by atoms with Crippen LogP contribution in [0.2, 0.25) is 0 Å². The number of pyridine rings is 1. The van der Waals surface area contributed by atoms with Crippen LogP contribution >= 0.6 is 11.3 Å². The van der Waals surface area contributed by atoms with E-state index in [1.54, 1.807) is 11.3 Å². The lowest BCUT2D eigenvalue weighted by molar-refractivity contribution is 1.03. The minimum atomic E-state index is 1.16. The Morgan fingerprint density at radius 1 is 0.579 bits per heavy atom. The average molecular weight is 276 g/mol. The van der Waals surface area contributed by atoms with Crippen molar-refractivity contribution in [2.75, 3.05) is 0 Å². The maximum Gasteiger partial charge on any atom is 0.0899 e. The van der Waals surface area contributed by atoms with E-state index in [4.69, 9.17) is 0 Å². The summed E-state index contributed by atoms with van der Waals surface area (Å²) in [6.07, 6.45) is 0. The zero-order valence-electron chi connectivity index (χ0n) is 13.3. The standard InChI is InChI=1S/C10H15N.C6H9NS/c1-6-7(2)9(4)11-10(5)8(6)3;1-4-5(2)8-6(3)7-4/h1-5H3;1-3H3. The van der Waals surface area contributed by atoms with Crippen LogP contribution in [0.15, 0.2) is 0 Å². The van der Waals surface area contributed by atoms with Crippen LogP contribution in [-0.4, -0.2) is 9.97 Å². The maximum absolute atomic E-state index is 4.43. The molecule has 2 aromatic rings. The Morgan fingerprint density at radius 2 is 1.05 bits per heavy atom. The van der Waals surface area contributed by atoms with Gasteiger partial charge in [0.15, 0.2) is 0 Å². The van der Waals surface area contributed by atoms with Gasteiger partial charge in [0.1, 0.15) is 0 Å². The molecule has 2 rings (SSSR count). The molecule has 0 saturated heterocycles. The van der Waals surface area contributed by atoms with Crippen molar-refractivity contribution < 1.29 is 0 Å². The van der Waals surface area contributed by atoms with Crippen molar-refractivity contribution in [1.82, 2.24) is 9.97 Å². The lowest BCUT2D eigenvalue weighted by Crippen LogP contribution is -1.98. The molecule has 0 saturated carbocycles. The molecule has 3 heteroatoms. The van der Waals surface area contributed by atoms with Gasteiger partial charge < -0.3 is 0 Å². The van der Waals surface area contributed by atoms with E-state index in [-0.39, 0.29) is 0 Å². The van der Waals surface area contributed by atoms with Crippen molar-refractivity contribution in [1.29, 1.82) is 0 Å². The zero-order chi connectivity index (χ0) is 14.7. The molecule has 0 fully saturated rings. The zero-order valence-corrected chi connectivity index (χ0v) is 14.1.